The Kier molecular flexibility index (Phi) is 6.00. The Hall–Kier alpha value is -2.99. The van der Waals surface area contributed by atoms with Gasteiger partial charge in [-0.2, -0.15) is 0 Å². The van der Waals surface area contributed by atoms with E-state index in [4.69, 9.17) is 4.98 Å². The monoisotopic (exact) mass is 389 g/mol. The van der Waals surface area contributed by atoms with Crippen molar-refractivity contribution < 1.29 is 0 Å². The number of hydrogen-bond donors (Lipinski definition) is 2. The van der Waals surface area contributed by atoms with E-state index >= 15 is 0 Å². The first kappa shape index (κ1) is 19.3. The lowest BCUT2D eigenvalue weighted by Gasteiger charge is -2.31. The lowest BCUT2D eigenvalue weighted by Crippen LogP contribution is -2.33. The van der Waals surface area contributed by atoms with Gasteiger partial charge in [0, 0.05) is 37.5 Å². The summed E-state index contributed by atoms with van der Waals surface area (Å²) in [4.78, 5) is 26.4. The number of rotatable bonds is 6. The summed E-state index contributed by atoms with van der Waals surface area (Å²) in [6.07, 6.45) is 5.75. The number of pyridine rings is 1. The van der Waals surface area contributed by atoms with Crippen LogP contribution in [0.1, 0.15) is 41.1 Å². The number of aromatic amines is 1. The molecule has 1 saturated heterocycles. The van der Waals surface area contributed by atoms with Crippen molar-refractivity contribution in [2.24, 2.45) is 0 Å². The number of nitrogens with one attached hydrogen (secondary N) is 2. The first-order valence-corrected chi connectivity index (χ1v) is 10.2. The van der Waals surface area contributed by atoms with Crippen LogP contribution in [0.15, 0.2) is 59.7 Å². The van der Waals surface area contributed by atoms with Gasteiger partial charge in [-0.05, 0) is 55.6 Å². The standard InChI is InChI=1S/C23H27N5O/c1-17-5-2-3-7-20(17)15-25-23-26-21(13-22(29)27-23)19-8-11-28(12-9-19)16-18-6-4-10-24-14-18/h2-7,10,13-14,19H,8-9,11-12,15-16H2,1H3,(H2,25,26,27,29). The third kappa shape index (κ3) is 5.09. The highest BCUT2D eigenvalue weighted by Crippen LogP contribution is 2.27. The van der Waals surface area contributed by atoms with E-state index in [-0.39, 0.29) is 5.56 Å². The molecule has 6 heteroatoms. The topological polar surface area (TPSA) is 73.9 Å². The second kappa shape index (κ2) is 9.01. The molecule has 0 radical (unpaired) electrons. The number of anilines is 1. The maximum atomic E-state index is 12.2. The Balaban J connectivity index is 1.38. The maximum Gasteiger partial charge on any atom is 0.252 e. The van der Waals surface area contributed by atoms with Gasteiger partial charge in [-0.15, -0.1) is 0 Å². The summed E-state index contributed by atoms with van der Waals surface area (Å²) in [7, 11) is 0. The van der Waals surface area contributed by atoms with Crippen LogP contribution in [-0.2, 0) is 13.1 Å². The zero-order valence-corrected chi connectivity index (χ0v) is 16.8. The fourth-order valence-electron chi connectivity index (χ4n) is 3.89. The molecule has 1 aliphatic rings. The first-order chi connectivity index (χ1) is 14.2. The summed E-state index contributed by atoms with van der Waals surface area (Å²) in [5.41, 5.74) is 4.45. The Morgan fingerprint density at radius 2 is 2.00 bits per heavy atom. The molecule has 2 N–H and O–H groups in total. The summed E-state index contributed by atoms with van der Waals surface area (Å²) in [5, 5.41) is 3.28. The Labute approximate surface area is 171 Å². The number of aryl methyl sites for hydroxylation is 1. The van der Waals surface area contributed by atoms with Gasteiger partial charge in [0.05, 0.1) is 5.69 Å². The minimum absolute atomic E-state index is 0.0972. The van der Waals surface area contributed by atoms with E-state index < -0.39 is 0 Å². The van der Waals surface area contributed by atoms with Crippen molar-refractivity contribution in [1.29, 1.82) is 0 Å². The number of benzene rings is 1. The van der Waals surface area contributed by atoms with Crippen LogP contribution in [0.3, 0.4) is 0 Å². The van der Waals surface area contributed by atoms with Crippen LogP contribution < -0.4 is 10.9 Å². The van der Waals surface area contributed by atoms with Gasteiger partial charge in [0.1, 0.15) is 0 Å². The van der Waals surface area contributed by atoms with Crippen LogP contribution in [0.2, 0.25) is 0 Å². The highest BCUT2D eigenvalue weighted by Gasteiger charge is 2.22. The fraction of sp³-hybridized carbons (Fsp3) is 0.348. The van der Waals surface area contributed by atoms with Crippen LogP contribution in [0.25, 0.3) is 0 Å². The average Bonchev–Trinajstić information content (AvgIpc) is 2.74. The molecule has 0 unspecified atom stereocenters. The van der Waals surface area contributed by atoms with Gasteiger partial charge >= 0.3 is 0 Å². The van der Waals surface area contributed by atoms with Crippen molar-refractivity contribution in [3.8, 4) is 0 Å². The van der Waals surface area contributed by atoms with E-state index in [0.717, 1.165) is 38.2 Å². The molecule has 0 atom stereocenters. The quantitative estimate of drug-likeness (QED) is 0.675. The molecule has 1 aromatic carbocycles. The van der Waals surface area contributed by atoms with E-state index in [2.05, 4.69) is 45.3 Å². The Morgan fingerprint density at radius 3 is 2.76 bits per heavy atom. The molecule has 0 bridgehead atoms. The molecular weight excluding hydrogens is 362 g/mol. The fourth-order valence-corrected chi connectivity index (χ4v) is 3.89. The number of aromatic nitrogens is 3. The number of hydrogen-bond acceptors (Lipinski definition) is 5. The van der Waals surface area contributed by atoms with Gasteiger partial charge in [0.25, 0.3) is 5.56 Å². The Morgan fingerprint density at radius 1 is 1.17 bits per heavy atom. The molecule has 0 spiro atoms. The summed E-state index contributed by atoms with van der Waals surface area (Å²) in [6, 6.07) is 14.0. The van der Waals surface area contributed by atoms with Crippen molar-refractivity contribution >= 4 is 5.95 Å². The highest BCUT2D eigenvalue weighted by atomic mass is 16.1. The van der Waals surface area contributed by atoms with Gasteiger partial charge in [-0.3, -0.25) is 19.7 Å². The summed E-state index contributed by atoms with van der Waals surface area (Å²) in [5.74, 6) is 0.870. The van der Waals surface area contributed by atoms with Crippen LogP contribution in [0.5, 0.6) is 0 Å². The van der Waals surface area contributed by atoms with Gasteiger partial charge in [0.2, 0.25) is 5.95 Å². The molecule has 2 aromatic heterocycles. The van der Waals surface area contributed by atoms with E-state index in [1.165, 1.54) is 16.7 Å². The highest BCUT2D eigenvalue weighted by molar-refractivity contribution is 5.32. The number of H-pyrrole nitrogens is 1. The van der Waals surface area contributed by atoms with Gasteiger partial charge in [0.15, 0.2) is 0 Å². The molecule has 3 heterocycles. The van der Waals surface area contributed by atoms with E-state index in [1.54, 1.807) is 12.3 Å². The lowest BCUT2D eigenvalue weighted by atomic mass is 9.93. The molecule has 3 aromatic rings. The van der Waals surface area contributed by atoms with Crippen LogP contribution in [0, 0.1) is 6.92 Å². The van der Waals surface area contributed by atoms with E-state index in [0.29, 0.717) is 18.4 Å². The van der Waals surface area contributed by atoms with Crippen LogP contribution in [-0.4, -0.2) is 32.9 Å². The smallest absolute Gasteiger partial charge is 0.252 e. The molecule has 150 valence electrons. The SMILES string of the molecule is Cc1ccccc1CNc1nc(C2CCN(Cc3cccnc3)CC2)cc(=O)[nH]1. The largest absolute Gasteiger partial charge is 0.352 e. The van der Waals surface area contributed by atoms with Crippen molar-refractivity contribution in [3.63, 3.8) is 0 Å². The summed E-state index contributed by atoms with van der Waals surface area (Å²) >= 11 is 0. The molecule has 0 saturated carbocycles. The van der Waals surface area contributed by atoms with E-state index in [9.17, 15) is 4.79 Å². The molecule has 0 aliphatic carbocycles. The van der Waals surface area contributed by atoms with Crippen molar-refractivity contribution in [2.45, 2.75) is 38.8 Å². The zero-order chi connectivity index (χ0) is 20.1. The second-order valence-corrected chi connectivity index (χ2v) is 7.71. The first-order valence-electron chi connectivity index (χ1n) is 10.2. The van der Waals surface area contributed by atoms with Crippen molar-refractivity contribution in [1.82, 2.24) is 19.9 Å². The second-order valence-electron chi connectivity index (χ2n) is 7.71. The lowest BCUT2D eigenvalue weighted by molar-refractivity contribution is 0.203. The molecule has 1 fully saturated rings. The minimum Gasteiger partial charge on any atom is -0.352 e. The van der Waals surface area contributed by atoms with Crippen molar-refractivity contribution in [2.75, 3.05) is 18.4 Å². The maximum absolute atomic E-state index is 12.2. The molecule has 29 heavy (non-hydrogen) atoms. The summed E-state index contributed by atoms with van der Waals surface area (Å²) in [6.45, 7) is 5.65. The predicted octanol–water partition coefficient (Wildman–Crippen LogP) is 3.47. The molecule has 1 aliphatic heterocycles. The van der Waals surface area contributed by atoms with Crippen molar-refractivity contribution in [3.05, 3.63) is 87.6 Å². The normalized spacial score (nSPS) is 15.3. The van der Waals surface area contributed by atoms with Crippen LogP contribution >= 0.6 is 0 Å². The van der Waals surface area contributed by atoms with Gasteiger partial charge < -0.3 is 5.32 Å². The average molecular weight is 390 g/mol. The molecule has 0 amide bonds. The zero-order valence-electron chi connectivity index (χ0n) is 16.8. The number of piperidine rings is 1. The third-order valence-corrected chi connectivity index (χ3v) is 5.60. The number of nitrogens with zero attached hydrogens (tertiary/aromatic N) is 3. The Bertz CT molecular complexity index is 993. The third-order valence-electron chi connectivity index (χ3n) is 5.60. The van der Waals surface area contributed by atoms with E-state index in [1.807, 2.05) is 24.4 Å². The predicted molar refractivity (Wildman–Crippen MR) is 115 cm³/mol. The summed E-state index contributed by atoms with van der Waals surface area (Å²) < 4.78 is 0. The number of likely N-dealkylation sites (tertiary alicyclic amines) is 1. The van der Waals surface area contributed by atoms with Gasteiger partial charge in [-0.1, -0.05) is 30.3 Å². The minimum atomic E-state index is -0.0972. The molecular formula is C23H27N5O. The van der Waals surface area contributed by atoms with Gasteiger partial charge in [-0.25, -0.2) is 4.98 Å². The molecule has 4 rings (SSSR count). The van der Waals surface area contributed by atoms with Crippen LogP contribution in [0.4, 0.5) is 5.95 Å². The molecule has 6 nitrogen and oxygen atoms in total.